The zero-order valence-electron chi connectivity index (χ0n) is 10.4. The molecule has 0 aliphatic rings. The van der Waals surface area contributed by atoms with Crippen molar-refractivity contribution in [3.63, 3.8) is 0 Å². The Morgan fingerprint density at radius 1 is 1.30 bits per heavy atom. The molecule has 0 atom stereocenters. The molecule has 0 radical (unpaired) electrons. The molecule has 7 nitrogen and oxygen atoms in total. The van der Waals surface area contributed by atoms with Gasteiger partial charge < -0.3 is 5.73 Å². The minimum absolute atomic E-state index is 0.0811. The van der Waals surface area contributed by atoms with Gasteiger partial charge in [0, 0.05) is 42.2 Å². The smallest absolute Gasteiger partial charge is 0.272 e. The SMILES string of the molecule is Nc1nc2nccn2cc1Cc1ccccc1[N+](=O)[O-]. The Labute approximate surface area is 113 Å². The predicted octanol–water partition coefficient (Wildman–Crippen LogP) is 1.81. The molecule has 0 saturated heterocycles. The molecule has 2 heterocycles. The third kappa shape index (κ3) is 2.05. The molecule has 0 bridgehead atoms. The Hall–Kier alpha value is -2.96. The van der Waals surface area contributed by atoms with Crippen LogP contribution in [0.1, 0.15) is 11.1 Å². The molecule has 20 heavy (non-hydrogen) atoms. The highest BCUT2D eigenvalue weighted by atomic mass is 16.6. The lowest BCUT2D eigenvalue weighted by molar-refractivity contribution is -0.385. The second kappa shape index (κ2) is 4.61. The summed E-state index contributed by atoms with van der Waals surface area (Å²) in [5.41, 5.74) is 7.30. The van der Waals surface area contributed by atoms with E-state index in [4.69, 9.17) is 5.73 Å². The van der Waals surface area contributed by atoms with Crippen molar-refractivity contribution in [1.82, 2.24) is 14.4 Å². The van der Waals surface area contributed by atoms with E-state index in [0.717, 1.165) is 5.56 Å². The maximum atomic E-state index is 11.0. The Bertz CT molecular complexity index is 796. The van der Waals surface area contributed by atoms with E-state index in [0.29, 0.717) is 23.6 Å². The summed E-state index contributed by atoms with van der Waals surface area (Å²) in [6.45, 7) is 0. The van der Waals surface area contributed by atoms with E-state index < -0.39 is 4.92 Å². The number of imidazole rings is 1. The summed E-state index contributed by atoms with van der Waals surface area (Å²) in [6, 6.07) is 6.61. The maximum absolute atomic E-state index is 11.0. The average Bonchev–Trinajstić information content (AvgIpc) is 2.86. The van der Waals surface area contributed by atoms with Gasteiger partial charge in [0.2, 0.25) is 5.78 Å². The van der Waals surface area contributed by atoms with E-state index in [1.54, 1.807) is 41.2 Å². The van der Waals surface area contributed by atoms with E-state index in [1.807, 2.05) is 0 Å². The van der Waals surface area contributed by atoms with Crippen LogP contribution in [0.5, 0.6) is 0 Å². The molecule has 2 N–H and O–H groups in total. The molecule has 1 aromatic carbocycles. The van der Waals surface area contributed by atoms with Crippen LogP contribution in [0, 0.1) is 10.1 Å². The number of para-hydroxylation sites is 1. The van der Waals surface area contributed by atoms with Crippen LogP contribution >= 0.6 is 0 Å². The highest BCUT2D eigenvalue weighted by Crippen LogP contribution is 2.23. The fraction of sp³-hybridized carbons (Fsp3) is 0.0769. The molecule has 100 valence electrons. The second-order valence-electron chi connectivity index (χ2n) is 4.35. The standard InChI is InChI=1S/C13H11N5O2/c14-12-10(8-17-6-5-15-13(17)16-12)7-9-3-1-2-4-11(9)18(19)20/h1-6,8H,7H2,(H2,14,15,16). The zero-order valence-corrected chi connectivity index (χ0v) is 10.4. The van der Waals surface area contributed by atoms with Gasteiger partial charge in [-0.3, -0.25) is 14.5 Å². The van der Waals surface area contributed by atoms with Crippen molar-refractivity contribution >= 4 is 17.3 Å². The first-order valence-corrected chi connectivity index (χ1v) is 5.95. The van der Waals surface area contributed by atoms with Gasteiger partial charge in [-0.05, 0) is 0 Å². The minimum atomic E-state index is -0.394. The largest absolute Gasteiger partial charge is 0.383 e. The number of hydrogen-bond donors (Lipinski definition) is 1. The number of nitrogen functional groups attached to an aromatic ring is 1. The summed E-state index contributed by atoms with van der Waals surface area (Å²) in [7, 11) is 0. The summed E-state index contributed by atoms with van der Waals surface area (Å²) < 4.78 is 1.74. The number of nitrogens with zero attached hydrogens (tertiary/aromatic N) is 4. The average molecular weight is 269 g/mol. The van der Waals surface area contributed by atoms with Crippen LogP contribution in [0.2, 0.25) is 0 Å². The van der Waals surface area contributed by atoms with E-state index in [2.05, 4.69) is 9.97 Å². The third-order valence-corrected chi connectivity index (χ3v) is 3.06. The van der Waals surface area contributed by atoms with Gasteiger partial charge in [0.05, 0.1) is 4.92 Å². The van der Waals surface area contributed by atoms with Crippen LogP contribution in [-0.2, 0) is 6.42 Å². The van der Waals surface area contributed by atoms with E-state index in [1.165, 1.54) is 6.07 Å². The van der Waals surface area contributed by atoms with Gasteiger partial charge >= 0.3 is 0 Å². The maximum Gasteiger partial charge on any atom is 0.272 e. The topological polar surface area (TPSA) is 99.3 Å². The summed E-state index contributed by atoms with van der Waals surface area (Å²) in [5, 5.41) is 11.0. The summed E-state index contributed by atoms with van der Waals surface area (Å²) in [4.78, 5) is 18.8. The van der Waals surface area contributed by atoms with Crippen LogP contribution in [0.25, 0.3) is 5.78 Å². The Morgan fingerprint density at radius 3 is 2.90 bits per heavy atom. The number of rotatable bonds is 3. The van der Waals surface area contributed by atoms with Gasteiger partial charge in [0.15, 0.2) is 0 Å². The lowest BCUT2D eigenvalue weighted by Crippen LogP contribution is -2.04. The first-order valence-electron chi connectivity index (χ1n) is 5.95. The molecule has 3 rings (SSSR count). The van der Waals surface area contributed by atoms with Crippen molar-refractivity contribution in [3.05, 3.63) is 64.1 Å². The normalized spacial score (nSPS) is 10.8. The fourth-order valence-electron chi connectivity index (χ4n) is 2.09. The van der Waals surface area contributed by atoms with Crippen LogP contribution in [0.3, 0.4) is 0 Å². The molecule has 2 aromatic heterocycles. The zero-order chi connectivity index (χ0) is 14.1. The quantitative estimate of drug-likeness (QED) is 0.577. The van der Waals surface area contributed by atoms with Crippen molar-refractivity contribution in [1.29, 1.82) is 0 Å². The number of anilines is 1. The van der Waals surface area contributed by atoms with Crippen molar-refractivity contribution in [2.45, 2.75) is 6.42 Å². The number of hydrogen-bond acceptors (Lipinski definition) is 5. The molecule has 0 aliphatic heterocycles. The molecule has 0 spiro atoms. The first-order chi connectivity index (χ1) is 9.65. The summed E-state index contributed by atoms with van der Waals surface area (Å²) in [5.74, 6) is 0.843. The highest BCUT2D eigenvalue weighted by Gasteiger charge is 2.14. The van der Waals surface area contributed by atoms with E-state index in [-0.39, 0.29) is 5.69 Å². The van der Waals surface area contributed by atoms with Crippen molar-refractivity contribution in [2.75, 3.05) is 5.73 Å². The van der Waals surface area contributed by atoms with Crippen LogP contribution in [-0.4, -0.2) is 19.3 Å². The first kappa shape index (κ1) is 12.1. The molecule has 3 aromatic rings. The van der Waals surface area contributed by atoms with Gasteiger partial charge in [0.1, 0.15) is 5.82 Å². The Kier molecular flexibility index (Phi) is 2.79. The van der Waals surface area contributed by atoms with Crippen LogP contribution in [0.15, 0.2) is 42.9 Å². The second-order valence-corrected chi connectivity index (χ2v) is 4.35. The molecule has 0 unspecified atom stereocenters. The number of aromatic nitrogens is 3. The van der Waals surface area contributed by atoms with Gasteiger partial charge in [-0.1, -0.05) is 18.2 Å². The van der Waals surface area contributed by atoms with Gasteiger partial charge in [0.25, 0.3) is 5.69 Å². The van der Waals surface area contributed by atoms with Gasteiger partial charge in [-0.25, -0.2) is 4.98 Å². The molecular weight excluding hydrogens is 258 g/mol. The van der Waals surface area contributed by atoms with E-state index >= 15 is 0 Å². The number of fused-ring (bicyclic) bond motifs is 1. The van der Waals surface area contributed by atoms with Crippen molar-refractivity contribution < 1.29 is 4.92 Å². The molecule has 7 heteroatoms. The predicted molar refractivity (Wildman–Crippen MR) is 73.3 cm³/mol. The Balaban J connectivity index is 2.05. The lowest BCUT2D eigenvalue weighted by atomic mass is 10.1. The van der Waals surface area contributed by atoms with Crippen LogP contribution in [0.4, 0.5) is 11.5 Å². The molecule has 0 fully saturated rings. The third-order valence-electron chi connectivity index (χ3n) is 3.06. The van der Waals surface area contributed by atoms with E-state index in [9.17, 15) is 10.1 Å². The lowest BCUT2D eigenvalue weighted by Gasteiger charge is -2.06. The van der Waals surface area contributed by atoms with Crippen LogP contribution < -0.4 is 5.73 Å². The molecule has 0 amide bonds. The highest BCUT2D eigenvalue weighted by molar-refractivity contribution is 5.50. The van der Waals surface area contributed by atoms with Crippen molar-refractivity contribution in [3.8, 4) is 0 Å². The molecular formula is C13H11N5O2. The fourth-order valence-corrected chi connectivity index (χ4v) is 2.09. The van der Waals surface area contributed by atoms with Gasteiger partial charge in [-0.15, -0.1) is 0 Å². The number of nitrogens with two attached hydrogens (primary N) is 1. The monoisotopic (exact) mass is 269 g/mol. The minimum Gasteiger partial charge on any atom is -0.383 e. The molecule has 0 saturated carbocycles. The summed E-state index contributed by atoms with van der Waals surface area (Å²) >= 11 is 0. The summed E-state index contributed by atoms with van der Waals surface area (Å²) in [6.07, 6.45) is 5.52. The Morgan fingerprint density at radius 2 is 2.10 bits per heavy atom. The van der Waals surface area contributed by atoms with Gasteiger partial charge in [-0.2, -0.15) is 4.98 Å². The number of nitro groups is 1. The van der Waals surface area contributed by atoms with Crippen molar-refractivity contribution in [2.24, 2.45) is 0 Å². The molecule has 0 aliphatic carbocycles. The number of nitro benzene ring substituents is 1. The number of benzene rings is 1.